The van der Waals surface area contributed by atoms with Crippen molar-refractivity contribution in [1.29, 1.82) is 0 Å². The third-order valence-corrected chi connectivity index (χ3v) is 6.28. The van der Waals surface area contributed by atoms with Crippen LogP contribution in [0, 0.1) is 0 Å². The Labute approximate surface area is 149 Å². The van der Waals surface area contributed by atoms with E-state index in [0.29, 0.717) is 52.4 Å². The summed E-state index contributed by atoms with van der Waals surface area (Å²) in [5.74, 6) is -0.805. The highest BCUT2D eigenvalue weighted by molar-refractivity contribution is 7.52. The van der Waals surface area contributed by atoms with Crippen molar-refractivity contribution in [3.05, 3.63) is 0 Å². The first-order valence-corrected chi connectivity index (χ1v) is 12.0. The van der Waals surface area contributed by atoms with E-state index in [0.717, 1.165) is 12.8 Å². The smallest absolute Gasteiger partial charge is 0.324 e. The Morgan fingerprint density at radius 1 is 0.880 bits per heavy atom. The Hall–Kier alpha value is 0.140. The Kier molecular flexibility index (Phi) is 10.3. The van der Waals surface area contributed by atoms with Crippen molar-refractivity contribution in [2.45, 2.75) is 25.5 Å². The lowest BCUT2D eigenvalue weighted by atomic mass is 10.3. The molecular weight excluding hydrogens is 370 g/mol. The van der Waals surface area contributed by atoms with Gasteiger partial charge in [0.15, 0.2) is 0 Å². The van der Waals surface area contributed by atoms with Crippen molar-refractivity contribution in [2.75, 3.05) is 58.6 Å². The molecule has 0 bridgehead atoms. The molecule has 0 aromatic heterocycles. The van der Waals surface area contributed by atoms with Crippen LogP contribution in [0.5, 0.6) is 0 Å². The van der Waals surface area contributed by atoms with Gasteiger partial charge < -0.3 is 30.2 Å². The van der Waals surface area contributed by atoms with Crippen molar-refractivity contribution in [1.82, 2.24) is 20.4 Å². The maximum Gasteiger partial charge on any atom is 0.342 e. The highest BCUT2D eigenvalue weighted by Gasteiger charge is 2.29. The normalized spacial score (nSPS) is 23.1. The van der Waals surface area contributed by atoms with Gasteiger partial charge in [0.25, 0.3) is 0 Å². The van der Waals surface area contributed by atoms with Gasteiger partial charge in [-0.05, 0) is 32.9 Å². The molecule has 1 aliphatic rings. The lowest BCUT2D eigenvalue weighted by molar-refractivity contribution is 0.216. The van der Waals surface area contributed by atoms with E-state index < -0.39 is 21.0 Å². The molecule has 12 heteroatoms. The molecule has 6 N–H and O–H groups in total. The van der Waals surface area contributed by atoms with E-state index in [1.54, 1.807) is 16.7 Å². The molecule has 1 saturated heterocycles. The van der Waals surface area contributed by atoms with Gasteiger partial charge >= 0.3 is 15.2 Å². The first-order chi connectivity index (χ1) is 11.6. The van der Waals surface area contributed by atoms with Crippen LogP contribution in [0.15, 0.2) is 0 Å². The van der Waals surface area contributed by atoms with Gasteiger partial charge in [0.1, 0.15) is 12.1 Å². The van der Waals surface area contributed by atoms with Crippen LogP contribution in [0.1, 0.15) is 19.8 Å². The summed E-state index contributed by atoms with van der Waals surface area (Å²) in [6.45, 7) is 6.39. The molecule has 0 aliphatic carbocycles. The first kappa shape index (κ1) is 23.2. The van der Waals surface area contributed by atoms with E-state index in [1.165, 1.54) is 0 Å². The zero-order valence-corrected chi connectivity index (χ0v) is 16.5. The molecule has 1 heterocycles. The van der Waals surface area contributed by atoms with Gasteiger partial charge in [0.05, 0.1) is 0 Å². The van der Waals surface area contributed by atoms with Crippen LogP contribution in [-0.2, 0) is 9.13 Å². The van der Waals surface area contributed by atoms with Gasteiger partial charge in [0.2, 0.25) is 0 Å². The van der Waals surface area contributed by atoms with E-state index in [4.69, 9.17) is 9.79 Å². The molecule has 0 aromatic rings. The molecule has 0 spiro atoms. The molecule has 150 valence electrons. The third-order valence-electron chi connectivity index (χ3n) is 4.21. The summed E-state index contributed by atoms with van der Waals surface area (Å²) < 4.78 is 22.7. The standard InChI is InChI=1S/C13H32N4O6P2/c1-13(25(21,22)23)17-9-3-5-14-6-10-16(12-24(18,19)20)8-2-4-15-7-11-17/h13-15H,2-12H2,1H3,(H2,18,19,20)(H2,21,22,23). The summed E-state index contributed by atoms with van der Waals surface area (Å²) >= 11 is 0. The third kappa shape index (κ3) is 10.8. The molecule has 0 radical (unpaired) electrons. The molecule has 1 aliphatic heterocycles. The van der Waals surface area contributed by atoms with Crippen molar-refractivity contribution in [3.8, 4) is 0 Å². The first-order valence-electron chi connectivity index (χ1n) is 8.57. The highest BCUT2D eigenvalue weighted by atomic mass is 31.2. The summed E-state index contributed by atoms with van der Waals surface area (Å²) in [5.41, 5.74) is 0. The number of hydrogen-bond donors (Lipinski definition) is 6. The molecule has 1 unspecified atom stereocenters. The second-order valence-electron chi connectivity index (χ2n) is 6.39. The van der Waals surface area contributed by atoms with E-state index in [1.807, 2.05) is 0 Å². The van der Waals surface area contributed by atoms with Crippen LogP contribution in [0.3, 0.4) is 0 Å². The predicted octanol–water partition coefficient (Wildman–Crippen LogP) is -0.778. The Morgan fingerprint density at radius 3 is 2.00 bits per heavy atom. The summed E-state index contributed by atoms with van der Waals surface area (Å²) in [6.07, 6.45) is 1.25. The second kappa shape index (κ2) is 11.1. The van der Waals surface area contributed by atoms with Gasteiger partial charge in [-0.3, -0.25) is 18.9 Å². The van der Waals surface area contributed by atoms with Crippen LogP contribution >= 0.6 is 15.2 Å². The molecule has 10 nitrogen and oxygen atoms in total. The number of rotatable bonds is 4. The van der Waals surface area contributed by atoms with E-state index in [2.05, 4.69) is 10.6 Å². The largest absolute Gasteiger partial charge is 0.342 e. The maximum absolute atomic E-state index is 11.5. The van der Waals surface area contributed by atoms with Crippen molar-refractivity contribution < 1.29 is 28.7 Å². The highest BCUT2D eigenvalue weighted by Crippen LogP contribution is 2.42. The lowest BCUT2D eigenvalue weighted by Gasteiger charge is -2.30. The molecule has 1 atom stereocenters. The fourth-order valence-corrected chi connectivity index (χ4v) is 4.22. The van der Waals surface area contributed by atoms with Gasteiger partial charge in [-0.2, -0.15) is 0 Å². The fourth-order valence-electron chi connectivity index (χ4n) is 2.76. The van der Waals surface area contributed by atoms with Gasteiger partial charge in [-0.1, -0.05) is 0 Å². The van der Waals surface area contributed by atoms with Crippen LogP contribution in [0.25, 0.3) is 0 Å². The van der Waals surface area contributed by atoms with Crippen molar-refractivity contribution >= 4 is 15.2 Å². The van der Waals surface area contributed by atoms with E-state index >= 15 is 0 Å². The maximum atomic E-state index is 11.5. The van der Waals surface area contributed by atoms with Crippen molar-refractivity contribution in [3.63, 3.8) is 0 Å². The zero-order chi connectivity index (χ0) is 18.9. The minimum Gasteiger partial charge on any atom is -0.324 e. The topological polar surface area (TPSA) is 146 Å². The molecular formula is C13H32N4O6P2. The van der Waals surface area contributed by atoms with E-state index in [-0.39, 0.29) is 6.29 Å². The quantitative estimate of drug-likeness (QED) is 0.331. The Bertz CT molecular complexity index is 455. The Balaban J connectivity index is 2.54. The van der Waals surface area contributed by atoms with Crippen LogP contribution in [-0.4, -0.2) is 93.8 Å². The van der Waals surface area contributed by atoms with Crippen LogP contribution in [0.2, 0.25) is 0 Å². The zero-order valence-electron chi connectivity index (χ0n) is 14.7. The van der Waals surface area contributed by atoms with Crippen molar-refractivity contribution in [2.24, 2.45) is 0 Å². The SMILES string of the molecule is CC(N1CCCNCCN(CP(=O)(O)O)CCCNCC1)P(=O)(O)O. The molecule has 1 fully saturated rings. The molecule has 0 saturated carbocycles. The van der Waals surface area contributed by atoms with Gasteiger partial charge in [0, 0.05) is 39.3 Å². The molecule has 0 aromatic carbocycles. The van der Waals surface area contributed by atoms with E-state index in [9.17, 15) is 18.9 Å². The molecule has 0 amide bonds. The van der Waals surface area contributed by atoms with Crippen LogP contribution < -0.4 is 10.6 Å². The minimum atomic E-state index is -4.15. The summed E-state index contributed by atoms with van der Waals surface area (Å²) in [4.78, 5) is 40.7. The van der Waals surface area contributed by atoms with Gasteiger partial charge in [-0.15, -0.1) is 0 Å². The number of nitrogens with zero attached hydrogens (tertiary/aromatic N) is 2. The average Bonchev–Trinajstić information content (AvgIpc) is 2.48. The summed E-state index contributed by atoms with van der Waals surface area (Å²) in [7, 11) is -8.22. The number of hydrogen-bond acceptors (Lipinski definition) is 6. The fraction of sp³-hybridized carbons (Fsp3) is 1.00. The molecule has 25 heavy (non-hydrogen) atoms. The molecule has 1 rings (SSSR count). The van der Waals surface area contributed by atoms with Crippen LogP contribution in [0.4, 0.5) is 0 Å². The Morgan fingerprint density at radius 2 is 1.44 bits per heavy atom. The van der Waals surface area contributed by atoms with Gasteiger partial charge in [-0.25, -0.2) is 0 Å². The lowest BCUT2D eigenvalue weighted by Crippen LogP contribution is -2.41. The second-order valence-corrected chi connectivity index (χ2v) is 9.93. The summed E-state index contributed by atoms with van der Waals surface area (Å²) in [5, 5.41) is 6.45. The average molecular weight is 402 g/mol. The predicted molar refractivity (Wildman–Crippen MR) is 96.5 cm³/mol. The minimum absolute atomic E-state index is 0.234. The number of nitrogens with one attached hydrogen (secondary N) is 2. The summed E-state index contributed by atoms with van der Waals surface area (Å²) in [6, 6.07) is 0. The monoisotopic (exact) mass is 402 g/mol.